The highest BCUT2D eigenvalue weighted by Crippen LogP contribution is 2.28. The molecule has 3 aromatic rings. The lowest BCUT2D eigenvalue weighted by molar-refractivity contribution is -0.384. The molecule has 0 fully saturated rings. The number of rotatable bonds is 8. The number of hydrogen-bond acceptors (Lipinski definition) is 7. The first-order chi connectivity index (χ1) is 14.7. The van der Waals surface area contributed by atoms with Crippen molar-refractivity contribution < 1.29 is 18.8 Å². The van der Waals surface area contributed by atoms with Gasteiger partial charge in [0.2, 0.25) is 5.91 Å². The Hall–Kier alpha value is -3.18. The monoisotopic (exact) mass is 465 g/mol. The first-order valence-corrected chi connectivity index (χ1v) is 10.3. The van der Waals surface area contributed by atoms with Gasteiger partial charge in [0.15, 0.2) is 17.1 Å². The van der Waals surface area contributed by atoms with E-state index in [0.29, 0.717) is 16.7 Å². The third-order valence-electron chi connectivity index (χ3n) is 4.13. The van der Waals surface area contributed by atoms with Crippen LogP contribution < -0.4 is 10.1 Å². The van der Waals surface area contributed by atoms with Crippen molar-refractivity contribution in [3.63, 3.8) is 0 Å². The summed E-state index contributed by atoms with van der Waals surface area (Å²) in [6, 6.07) is 9.42. The molecule has 0 saturated heterocycles. The van der Waals surface area contributed by atoms with Gasteiger partial charge < -0.3 is 14.6 Å². The smallest absolute Gasteiger partial charge is 0.271 e. The second-order valence-corrected chi connectivity index (χ2v) is 7.72. The van der Waals surface area contributed by atoms with Gasteiger partial charge in [0.05, 0.1) is 21.4 Å². The number of carbonyl (C=O) groups is 1. The molecular weight excluding hydrogens is 449 g/mol. The van der Waals surface area contributed by atoms with Crippen molar-refractivity contribution >= 4 is 40.6 Å². The average Bonchev–Trinajstić information content (AvgIpc) is 3.10. The number of hydrogen-bond donors (Lipinski definition) is 1. The van der Waals surface area contributed by atoms with Gasteiger partial charge in [-0.05, 0) is 37.3 Å². The number of aromatic nitrogens is 3. The molecule has 3 rings (SSSR count). The number of anilines is 1. The Morgan fingerprint density at radius 1 is 1.32 bits per heavy atom. The fourth-order valence-corrected chi connectivity index (χ4v) is 3.50. The molecule has 1 amide bonds. The van der Waals surface area contributed by atoms with Crippen molar-refractivity contribution in [3.8, 4) is 5.75 Å². The van der Waals surface area contributed by atoms with Crippen LogP contribution in [0.4, 0.5) is 15.8 Å². The molecule has 0 radical (unpaired) electrons. The Balaban J connectivity index is 1.60. The molecule has 0 saturated carbocycles. The number of non-ortho nitro benzene ring substituents is 1. The predicted octanol–water partition coefficient (Wildman–Crippen LogP) is 4.39. The Morgan fingerprint density at radius 2 is 2.03 bits per heavy atom. The number of nitro benzene ring substituents is 1. The van der Waals surface area contributed by atoms with Gasteiger partial charge in [0, 0.05) is 19.2 Å². The third kappa shape index (κ3) is 5.70. The zero-order valence-corrected chi connectivity index (χ0v) is 18.0. The second kappa shape index (κ2) is 9.75. The molecule has 0 spiro atoms. The molecule has 1 aromatic heterocycles. The van der Waals surface area contributed by atoms with Gasteiger partial charge in [0.25, 0.3) is 5.69 Å². The van der Waals surface area contributed by atoms with Crippen LogP contribution in [0.25, 0.3) is 0 Å². The summed E-state index contributed by atoms with van der Waals surface area (Å²) in [5.74, 6) is 0.223. The lowest BCUT2D eigenvalue weighted by atomic mass is 10.3. The van der Waals surface area contributed by atoms with Crippen LogP contribution in [0.15, 0.2) is 47.6 Å². The highest BCUT2D eigenvalue weighted by molar-refractivity contribution is 7.99. The molecule has 1 heterocycles. The van der Waals surface area contributed by atoms with E-state index in [9.17, 15) is 19.3 Å². The van der Waals surface area contributed by atoms with Gasteiger partial charge in [-0.15, -0.1) is 10.2 Å². The number of thioether (sulfide) groups is 1. The van der Waals surface area contributed by atoms with Crippen molar-refractivity contribution in [3.05, 3.63) is 69.2 Å². The number of halogens is 2. The van der Waals surface area contributed by atoms with Gasteiger partial charge in [-0.2, -0.15) is 0 Å². The Morgan fingerprint density at radius 3 is 2.71 bits per heavy atom. The van der Waals surface area contributed by atoms with E-state index in [1.807, 2.05) is 0 Å². The van der Waals surface area contributed by atoms with Crippen LogP contribution >= 0.6 is 23.4 Å². The Bertz CT molecular complexity index is 1110. The SMILES string of the molecule is CC(Oc1ccc(F)cc1)c1nnc(SCC(=O)Nc2cc([N+](=O)[O-])ccc2Cl)n1C. The summed E-state index contributed by atoms with van der Waals surface area (Å²) >= 11 is 7.13. The number of nitro groups is 1. The maximum absolute atomic E-state index is 13.0. The van der Waals surface area contributed by atoms with Crippen molar-refractivity contribution in [1.29, 1.82) is 0 Å². The minimum Gasteiger partial charge on any atom is -0.483 e. The molecule has 1 N–H and O–H groups in total. The number of amides is 1. The van der Waals surface area contributed by atoms with Gasteiger partial charge in [0.1, 0.15) is 11.6 Å². The van der Waals surface area contributed by atoms with Crippen molar-refractivity contribution in [1.82, 2.24) is 14.8 Å². The van der Waals surface area contributed by atoms with Crippen LogP contribution in [0.1, 0.15) is 18.9 Å². The summed E-state index contributed by atoms with van der Waals surface area (Å²) in [6.07, 6.45) is -0.463. The van der Waals surface area contributed by atoms with E-state index in [1.54, 1.807) is 18.5 Å². The summed E-state index contributed by atoms with van der Waals surface area (Å²) in [6.45, 7) is 1.78. The topological polar surface area (TPSA) is 112 Å². The quantitative estimate of drug-likeness (QED) is 0.298. The van der Waals surface area contributed by atoms with Gasteiger partial charge >= 0.3 is 0 Å². The maximum Gasteiger partial charge on any atom is 0.271 e. The van der Waals surface area contributed by atoms with E-state index < -0.39 is 16.9 Å². The van der Waals surface area contributed by atoms with Crippen LogP contribution in [0, 0.1) is 15.9 Å². The normalized spacial score (nSPS) is 11.7. The first-order valence-electron chi connectivity index (χ1n) is 8.92. The van der Waals surface area contributed by atoms with E-state index in [4.69, 9.17) is 16.3 Å². The van der Waals surface area contributed by atoms with E-state index in [0.717, 1.165) is 11.8 Å². The van der Waals surface area contributed by atoms with E-state index in [2.05, 4.69) is 15.5 Å². The van der Waals surface area contributed by atoms with Gasteiger partial charge in [-0.3, -0.25) is 14.9 Å². The van der Waals surface area contributed by atoms with E-state index in [1.165, 1.54) is 42.5 Å². The fraction of sp³-hybridized carbons (Fsp3) is 0.211. The number of benzene rings is 2. The van der Waals surface area contributed by atoms with Crippen LogP contribution in [-0.4, -0.2) is 31.3 Å². The first kappa shape index (κ1) is 22.5. The Kier molecular flexibility index (Phi) is 7.08. The number of ether oxygens (including phenoxy) is 1. The lowest BCUT2D eigenvalue weighted by Gasteiger charge is -2.14. The predicted molar refractivity (Wildman–Crippen MR) is 114 cm³/mol. The molecule has 0 aliphatic rings. The molecule has 1 unspecified atom stereocenters. The summed E-state index contributed by atoms with van der Waals surface area (Å²) in [4.78, 5) is 22.6. The zero-order chi connectivity index (χ0) is 22.5. The van der Waals surface area contributed by atoms with Gasteiger partial charge in [-0.1, -0.05) is 23.4 Å². The molecule has 0 aliphatic heterocycles. The molecule has 162 valence electrons. The van der Waals surface area contributed by atoms with Gasteiger partial charge in [-0.25, -0.2) is 4.39 Å². The summed E-state index contributed by atoms with van der Waals surface area (Å²) in [5.41, 5.74) is -0.0260. The second-order valence-electron chi connectivity index (χ2n) is 6.37. The Labute approximate surface area is 185 Å². The number of carbonyl (C=O) groups excluding carboxylic acids is 1. The minimum atomic E-state index is -0.572. The van der Waals surface area contributed by atoms with Crippen molar-refractivity contribution in [2.45, 2.75) is 18.2 Å². The van der Waals surface area contributed by atoms with Crippen LogP contribution in [0.3, 0.4) is 0 Å². The summed E-state index contributed by atoms with van der Waals surface area (Å²) < 4.78 is 20.5. The van der Waals surface area contributed by atoms with Crippen LogP contribution in [0.2, 0.25) is 5.02 Å². The summed E-state index contributed by atoms with van der Waals surface area (Å²) in [5, 5.41) is 22.3. The standard InChI is InChI=1S/C19H17ClFN5O4S/c1-11(30-14-6-3-12(21)4-7-14)18-23-24-19(25(18)2)31-10-17(27)22-16-9-13(26(28)29)5-8-15(16)20/h3-9,11H,10H2,1-2H3,(H,22,27). The summed E-state index contributed by atoms with van der Waals surface area (Å²) in [7, 11) is 1.73. The molecule has 12 heteroatoms. The maximum atomic E-state index is 13.0. The lowest BCUT2D eigenvalue weighted by Crippen LogP contribution is -2.15. The average molecular weight is 466 g/mol. The third-order valence-corrected chi connectivity index (χ3v) is 5.48. The van der Waals surface area contributed by atoms with E-state index >= 15 is 0 Å². The minimum absolute atomic E-state index is 0.0157. The van der Waals surface area contributed by atoms with E-state index in [-0.39, 0.29) is 28.0 Å². The molecule has 9 nitrogen and oxygen atoms in total. The molecular formula is C19H17ClFN5O4S. The molecule has 31 heavy (non-hydrogen) atoms. The number of nitrogens with zero attached hydrogens (tertiary/aromatic N) is 4. The molecule has 0 bridgehead atoms. The van der Waals surface area contributed by atoms with Crippen molar-refractivity contribution in [2.75, 3.05) is 11.1 Å². The highest BCUT2D eigenvalue weighted by Gasteiger charge is 2.19. The highest BCUT2D eigenvalue weighted by atomic mass is 35.5. The fourth-order valence-electron chi connectivity index (χ4n) is 2.61. The number of nitrogens with one attached hydrogen (secondary N) is 1. The van der Waals surface area contributed by atoms with Crippen LogP contribution in [0.5, 0.6) is 5.75 Å². The largest absolute Gasteiger partial charge is 0.483 e. The zero-order valence-electron chi connectivity index (χ0n) is 16.4. The molecule has 0 aliphatic carbocycles. The van der Waals surface area contributed by atoms with Crippen LogP contribution in [-0.2, 0) is 11.8 Å². The molecule has 2 aromatic carbocycles. The molecule has 1 atom stereocenters. The van der Waals surface area contributed by atoms with Crippen molar-refractivity contribution in [2.24, 2.45) is 7.05 Å².